The fourth-order valence-electron chi connectivity index (χ4n) is 2.78. The molecule has 2 fully saturated rings. The Kier molecular flexibility index (Phi) is 3.48. The van der Waals surface area contributed by atoms with E-state index in [9.17, 15) is 0 Å². The van der Waals surface area contributed by atoms with Crippen LogP contribution in [0.15, 0.2) is 6.07 Å². The first-order valence-corrected chi connectivity index (χ1v) is 7.49. The second-order valence-electron chi connectivity index (χ2n) is 5.72. The SMILES string of the molecule is CCCNc1cc(C2CCCC2)nc(C2CC2)n1. The van der Waals surface area contributed by atoms with Crippen LogP contribution in [0.1, 0.15) is 75.2 Å². The van der Waals surface area contributed by atoms with Crippen molar-refractivity contribution < 1.29 is 0 Å². The molecule has 1 N–H and O–H groups in total. The van der Waals surface area contributed by atoms with Crippen LogP contribution < -0.4 is 5.32 Å². The first kappa shape index (κ1) is 11.9. The molecule has 3 nitrogen and oxygen atoms in total. The third-order valence-corrected chi connectivity index (χ3v) is 4.04. The molecule has 0 radical (unpaired) electrons. The Morgan fingerprint density at radius 2 is 1.89 bits per heavy atom. The summed E-state index contributed by atoms with van der Waals surface area (Å²) in [5.41, 5.74) is 1.29. The summed E-state index contributed by atoms with van der Waals surface area (Å²) in [4.78, 5) is 9.52. The number of nitrogens with one attached hydrogen (secondary N) is 1. The molecular formula is C15H23N3. The molecule has 2 saturated carbocycles. The van der Waals surface area contributed by atoms with Gasteiger partial charge in [-0.1, -0.05) is 19.8 Å². The third kappa shape index (κ3) is 2.65. The third-order valence-electron chi connectivity index (χ3n) is 4.04. The van der Waals surface area contributed by atoms with Gasteiger partial charge in [0.2, 0.25) is 0 Å². The van der Waals surface area contributed by atoms with Crippen LogP contribution in [0.5, 0.6) is 0 Å². The van der Waals surface area contributed by atoms with Gasteiger partial charge in [0.25, 0.3) is 0 Å². The number of aromatic nitrogens is 2. The highest BCUT2D eigenvalue weighted by molar-refractivity contribution is 5.38. The van der Waals surface area contributed by atoms with Crippen LogP contribution in [0.2, 0.25) is 0 Å². The molecule has 0 amide bonds. The van der Waals surface area contributed by atoms with Crippen LogP contribution in [0.25, 0.3) is 0 Å². The zero-order valence-corrected chi connectivity index (χ0v) is 11.3. The summed E-state index contributed by atoms with van der Waals surface area (Å²) < 4.78 is 0. The predicted molar refractivity (Wildman–Crippen MR) is 74.0 cm³/mol. The maximum Gasteiger partial charge on any atom is 0.134 e. The molecule has 0 aliphatic heterocycles. The molecule has 98 valence electrons. The van der Waals surface area contributed by atoms with Crippen molar-refractivity contribution in [3.8, 4) is 0 Å². The predicted octanol–water partition coefficient (Wildman–Crippen LogP) is 3.83. The van der Waals surface area contributed by atoms with E-state index < -0.39 is 0 Å². The molecule has 2 aliphatic rings. The van der Waals surface area contributed by atoms with Gasteiger partial charge < -0.3 is 5.32 Å². The number of anilines is 1. The molecular weight excluding hydrogens is 222 g/mol. The van der Waals surface area contributed by atoms with Crippen LogP contribution in [-0.4, -0.2) is 16.5 Å². The Bertz CT molecular complexity index is 406. The van der Waals surface area contributed by atoms with Crippen molar-refractivity contribution in [1.29, 1.82) is 0 Å². The minimum atomic E-state index is 0.647. The minimum Gasteiger partial charge on any atom is -0.370 e. The molecule has 0 spiro atoms. The van der Waals surface area contributed by atoms with E-state index >= 15 is 0 Å². The highest BCUT2D eigenvalue weighted by Crippen LogP contribution is 2.40. The number of rotatable bonds is 5. The van der Waals surface area contributed by atoms with Crippen LogP contribution >= 0.6 is 0 Å². The van der Waals surface area contributed by atoms with Gasteiger partial charge in [0, 0.05) is 30.1 Å². The van der Waals surface area contributed by atoms with E-state index in [0.29, 0.717) is 11.8 Å². The summed E-state index contributed by atoms with van der Waals surface area (Å²) in [5, 5.41) is 3.43. The summed E-state index contributed by atoms with van der Waals surface area (Å²) in [7, 11) is 0. The number of hydrogen-bond donors (Lipinski definition) is 1. The Hall–Kier alpha value is -1.12. The van der Waals surface area contributed by atoms with E-state index in [1.54, 1.807) is 0 Å². The lowest BCUT2D eigenvalue weighted by molar-refractivity contribution is 0.684. The second kappa shape index (κ2) is 5.25. The van der Waals surface area contributed by atoms with E-state index in [2.05, 4.69) is 23.3 Å². The molecule has 2 aliphatic carbocycles. The van der Waals surface area contributed by atoms with Crippen molar-refractivity contribution in [3.05, 3.63) is 17.6 Å². The molecule has 3 heteroatoms. The molecule has 1 aromatic rings. The highest BCUT2D eigenvalue weighted by atomic mass is 15.0. The molecule has 18 heavy (non-hydrogen) atoms. The lowest BCUT2D eigenvalue weighted by Crippen LogP contribution is -2.08. The summed E-state index contributed by atoms with van der Waals surface area (Å²) in [6.07, 6.45) is 9.06. The lowest BCUT2D eigenvalue weighted by Gasteiger charge is -2.13. The number of hydrogen-bond acceptors (Lipinski definition) is 3. The normalized spacial score (nSPS) is 20.3. The second-order valence-corrected chi connectivity index (χ2v) is 5.72. The topological polar surface area (TPSA) is 37.8 Å². The van der Waals surface area contributed by atoms with Crippen molar-refractivity contribution in [2.45, 2.75) is 63.7 Å². The average Bonchev–Trinajstić information content (AvgIpc) is 3.11. The van der Waals surface area contributed by atoms with Gasteiger partial charge in [0.15, 0.2) is 0 Å². The summed E-state index contributed by atoms with van der Waals surface area (Å²) >= 11 is 0. The fraction of sp³-hybridized carbons (Fsp3) is 0.733. The van der Waals surface area contributed by atoms with E-state index in [1.807, 2.05) is 0 Å². The molecule has 0 atom stereocenters. The van der Waals surface area contributed by atoms with Crippen molar-refractivity contribution in [3.63, 3.8) is 0 Å². The van der Waals surface area contributed by atoms with Gasteiger partial charge in [-0.2, -0.15) is 0 Å². The Morgan fingerprint density at radius 3 is 2.56 bits per heavy atom. The fourth-order valence-corrected chi connectivity index (χ4v) is 2.78. The van der Waals surface area contributed by atoms with Crippen LogP contribution in [0.3, 0.4) is 0 Å². The molecule has 0 aromatic carbocycles. The van der Waals surface area contributed by atoms with Gasteiger partial charge in [-0.05, 0) is 32.1 Å². The zero-order chi connectivity index (χ0) is 12.4. The molecule has 3 rings (SSSR count). The molecule has 0 saturated heterocycles. The Balaban J connectivity index is 1.83. The van der Waals surface area contributed by atoms with Crippen LogP contribution in [-0.2, 0) is 0 Å². The van der Waals surface area contributed by atoms with Gasteiger partial charge >= 0.3 is 0 Å². The average molecular weight is 245 g/mol. The van der Waals surface area contributed by atoms with Gasteiger partial charge in [0.05, 0.1) is 0 Å². The van der Waals surface area contributed by atoms with E-state index in [4.69, 9.17) is 4.98 Å². The summed E-state index contributed by atoms with van der Waals surface area (Å²) in [6, 6.07) is 2.19. The smallest absolute Gasteiger partial charge is 0.134 e. The van der Waals surface area contributed by atoms with Gasteiger partial charge in [-0.25, -0.2) is 9.97 Å². The number of nitrogens with zero attached hydrogens (tertiary/aromatic N) is 2. The van der Waals surface area contributed by atoms with E-state index in [1.165, 1.54) is 44.2 Å². The lowest BCUT2D eigenvalue weighted by atomic mass is 10.0. The maximum atomic E-state index is 4.83. The monoisotopic (exact) mass is 245 g/mol. The standard InChI is InChI=1S/C15H23N3/c1-2-9-16-14-10-13(11-5-3-4-6-11)17-15(18-14)12-7-8-12/h10-12H,2-9H2,1H3,(H,16,17,18). The highest BCUT2D eigenvalue weighted by Gasteiger charge is 2.28. The van der Waals surface area contributed by atoms with Gasteiger partial charge in [0.1, 0.15) is 11.6 Å². The Labute approximate surface area is 109 Å². The summed E-state index contributed by atoms with van der Waals surface area (Å²) in [5.74, 6) is 3.48. The van der Waals surface area contributed by atoms with E-state index in [-0.39, 0.29) is 0 Å². The van der Waals surface area contributed by atoms with E-state index in [0.717, 1.165) is 24.6 Å². The first-order valence-electron chi connectivity index (χ1n) is 7.49. The first-order chi connectivity index (χ1) is 8.86. The van der Waals surface area contributed by atoms with Crippen molar-refractivity contribution >= 4 is 5.82 Å². The van der Waals surface area contributed by atoms with Crippen LogP contribution in [0, 0.1) is 0 Å². The maximum absolute atomic E-state index is 4.83. The summed E-state index contributed by atoms with van der Waals surface area (Å²) in [6.45, 7) is 3.19. The largest absolute Gasteiger partial charge is 0.370 e. The van der Waals surface area contributed by atoms with Crippen LogP contribution in [0.4, 0.5) is 5.82 Å². The quantitative estimate of drug-likeness (QED) is 0.856. The zero-order valence-electron chi connectivity index (χ0n) is 11.3. The molecule has 0 unspecified atom stereocenters. The van der Waals surface area contributed by atoms with Crippen molar-refractivity contribution in [2.24, 2.45) is 0 Å². The molecule has 0 bridgehead atoms. The molecule has 1 heterocycles. The molecule has 1 aromatic heterocycles. The van der Waals surface area contributed by atoms with Crippen molar-refractivity contribution in [1.82, 2.24) is 9.97 Å². The van der Waals surface area contributed by atoms with Gasteiger partial charge in [-0.3, -0.25) is 0 Å². The van der Waals surface area contributed by atoms with Crippen molar-refractivity contribution in [2.75, 3.05) is 11.9 Å². The minimum absolute atomic E-state index is 0.647. The van der Waals surface area contributed by atoms with Gasteiger partial charge in [-0.15, -0.1) is 0 Å². The Morgan fingerprint density at radius 1 is 1.11 bits per heavy atom.